The second-order valence-electron chi connectivity index (χ2n) is 8.42. The predicted molar refractivity (Wildman–Crippen MR) is 108 cm³/mol. The van der Waals surface area contributed by atoms with E-state index in [0.29, 0.717) is 17.4 Å². The molecule has 1 saturated carbocycles. The number of nitrogens with zero attached hydrogens (tertiary/aromatic N) is 4. The van der Waals surface area contributed by atoms with E-state index in [4.69, 9.17) is 4.74 Å². The smallest absolute Gasteiger partial charge is 0.337 e. The van der Waals surface area contributed by atoms with Crippen molar-refractivity contribution in [3.05, 3.63) is 46.7 Å². The fourth-order valence-electron chi connectivity index (χ4n) is 5.47. The summed E-state index contributed by atoms with van der Waals surface area (Å²) >= 11 is 0. The monoisotopic (exact) mass is 393 g/mol. The average molecular weight is 393 g/mol. The first-order chi connectivity index (χ1) is 14.3. The second-order valence-corrected chi connectivity index (χ2v) is 8.42. The molecule has 1 fully saturated rings. The SMILES string of the molecule is COC(=O)c1ccc([C@H]2C3=C(Nc4nnnn42)[C@@H](C2CCCCC2)CCC3)cc1. The normalized spacial score (nSPS) is 24.4. The van der Waals surface area contributed by atoms with Crippen LogP contribution >= 0.6 is 0 Å². The molecule has 0 bridgehead atoms. The summed E-state index contributed by atoms with van der Waals surface area (Å²) in [4.78, 5) is 11.8. The summed E-state index contributed by atoms with van der Waals surface area (Å²) in [6.07, 6.45) is 10.2. The van der Waals surface area contributed by atoms with E-state index in [9.17, 15) is 4.79 Å². The molecule has 2 aromatic rings. The highest BCUT2D eigenvalue weighted by atomic mass is 16.5. The molecular formula is C22H27N5O2. The number of hydrogen-bond donors (Lipinski definition) is 1. The Balaban J connectivity index is 1.54. The van der Waals surface area contributed by atoms with Crippen LogP contribution in [-0.2, 0) is 4.74 Å². The summed E-state index contributed by atoms with van der Waals surface area (Å²) in [5.41, 5.74) is 4.41. The van der Waals surface area contributed by atoms with Crippen LogP contribution in [-0.4, -0.2) is 33.3 Å². The van der Waals surface area contributed by atoms with Crippen molar-refractivity contribution in [3.63, 3.8) is 0 Å². The van der Waals surface area contributed by atoms with Crippen molar-refractivity contribution in [1.29, 1.82) is 0 Å². The summed E-state index contributed by atoms with van der Waals surface area (Å²) in [6.45, 7) is 0. The van der Waals surface area contributed by atoms with Crippen LogP contribution in [0.5, 0.6) is 0 Å². The molecule has 1 aromatic heterocycles. The highest BCUT2D eigenvalue weighted by molar-refractivity contribution is 5.89. The lowest BCUT2D eigenvalue weighted by Gasteiger charge is -2.40. The number of tetrazole rings is 1. The van der Waals surface area contributed by atoms with E-state index in [1.54, 1.807) is 0 Å². The molecule has 2 aliphatic carbocycles. The van der Waals surface area contributed by atoms with Crippen LogP contribution in [0.4, 0.5) is 5.95 Å². The van der Waals surface area contributed by atoms with Crippen LogP contribution in [0.2, 0.25) is 0 Å². The van der Waals surface area contributed by atoms with Gasteiger partial charge in [-0.3, -0.25) is 0 Å². The first-order valence-corrected chi connectivity index (χ1v) is 10.7. The molecular weight excluding hydrogens is 366 g/mol. The van der Waals surface area contributed by atoms with Gasteiger partial charge in [0.1, 0.15) is 6.04 Å². The van der Waals surface area contributed by atoms with E-state index in [-0.39, 0.29) is 12.0 Å². The lowest BCUT2D eigenvalue weighted by atomic mass is 9.71. The molecule has 5 rings (SSSR count). The molecule has 3 aliphatic rings. The number of benzene rings is 1. The maximum atomic E-state index is 11.8. The first-order valence-electron chi connectivity index (χ1n) is 10.7. The van der Waals surface area contributed by atoms with Crippen molar-refractivity contribution in [3.8, 4) is 0 Å². The number of carbonyl (C=O) groups excluding carboxylic acids is 1. The highest BCUT2D eigenvalue weighted by Gasteiger charge is 2.38. The number of rotatable bonds is 3. The molecule has 0 unspecified atom stereocenters. The van der Waals surface area contributed by atoms with E-state index < -0.39 is 0 Å². The van der Waals surface area contributed by atoms with E-state index >= 15 is 0 Å². The number of nitrogens with one attached hydrogen (secondary N) is 1. The number of aromatic nitrogens is 4. The van der Waals surface area contributed by atoms with Gasteiger partial charge in [0.05, 0.1) is 12.7 Å². The van der Waals surface area contributed by atoms with Gasteiger partial charge in [-0.15, -0.1) is 0 Å². The Bertz CT molecular complexity index is 927. The third kappa shape index (κ3) is 3.22. The Morgan fingerprint density at radius 2 is 1.90 bits per heavy atom. The van der Waals surface area contributed by atoms with E-state index in [2.05, 4.69) is 20.8 Å². The molecule has 2 atom stereocenters. The summed E-state index contributed by atoms with van der Waals surface area (Å²) in [5, 5.41) is 16.1. The molecule has 2 heterocycles. The van der Waals surface area contributed by atoms with Gasteiger partial charge in [0.25, 0.3) is 0 Å². The number of allylic oxidation sites excluding steroid dienone is 2. The molecule has 0 spiro atoms. The minimum absolute atomic E-state index is 0.0191. The average Bonchev–Trinajstić information content (AvgIpc) is 3.25. The van der Waals surface area contributed by atoms with Gasteiger partial charge in [0, 0.05) is 11.6 Å². The summed E-state index contributed by atoms with van der Waals surface area (Å²) in [6, 6.07) is 7.64. The lowest BCUT2D eigenvalue weighted by Crippen LogP contribution is -2.34. The van der Waals surface area contributed by atoms with Crippen molar-refractivity contribution in [2.45, 2.75) is 57.4 Å². The third-order valence-electron chi connectivity index (χ3n) is 6.86. The van der Waals surface area contributed by atoms with Crippen LogP contribution < -0.4 is 5.32 Å². The Hall–Kier alpha value is -2.70. The van der Waals surface area contributed by atoms with Crippen LogP contribution in [0.1, 0.15) is 73.3 Å². The minimum atomic E-state index is -0.320. The van der Waals surface area contributed by atoms with E-state index in [1.807, 2.05) is 28.9 Å². The molecule has 0 amide bonds. The summed E-state index contributed by atoms with van der Waals surface area (Å²) < 4.78 is 6.72. The van der Waals surface area contributed by atoms with E-state index in [1.165, 1.54) is 63.3 Å². The van der Waals surface area contributed by atoms with Crippen LogP contribution in [0.25, 0.3) is 0 Å². The van der Waals surface area contributed by atoms with Crippen molar-refractivity contribution < 1.29 is 9.53 Å². The molecule has 7 nitrogen and oxygen atoms in total. The molecule has 0 radical (unpaired) electrons. The Kier molecular flexibility index (Phi) is 4.81. The van der Waals surface area contributed by atoms with Crippen molar-refractivity contribution >= 4 is 11.9 Å². The fraction of sp³-hybridized carbons (Fsp3) is 0.545. The second kappa shape index (κ2) is 7.61. The lowest BCUT2D eigenvalue weighted by molar-refractivity contribution is 0.0600. The quantitative estimate of drug-likeness (QED) is 0.791. The largest absolute Gasteiger partial charge is 0.465 e. The maximum Gasteiger partial charge on any atom is 0.337 e. The van der Waals surface area contributed by atoms with Crippen molar-refractivity contribution in [1.82, 2.24) is 20.2 Å². The summed E-state index contributed by atoms with van der Waals surface area (Å²) in [5.74, 6) is 1.72. The zero-order chi connectivity index (χ0) is 19.8. The third-order valence-corrected chi connectivity index (χ3v) is 6.86. The van der Waals surface area contributed by atoms with Crippen LogP contribution in [0, 0.1) is 11.8 Å². The zero-order valence-corrected chi connectivity index (χ0v) is 16.8. The summed E-state index contributed by atoms with van der Waals surface area (Å²) in [7, 11) is 1.40. The molecule has 1 N–H and O–H groups in total. The van der Waals surface area contributed by atoms with Gasteiger partial charge < -0.3 is 10.1 Å². The number of esters is 1. The Morgan fingerprint density at radius 3 is 2.66 bits per heavy atom. The van der Waals surface area contributed by atoms with Gasteiger partial charge in [-0.2, -0.15) is 4.68 Å². The number of hydrogen-bond acceptors (Lipinski definition) is 6. The fourth-order valence-corrected chi connectivity index (χ4v) is 5.47. The van der Waals surface area contributed by atoms with Gasteiger partial charge >= 0.3 is 5.97 Å². The van der Waals surface area contributed by atoms with Crippen LogP contribution in [0.3, 0.4) is 0 Å². The molecule has 29 heavy (non-hydrogen) atoms. The molecule has 1 aliphatic heterocycles. The standard InChI is InChI=1S/C22H27N5O2/c1-29-21(28)16-12-10-15(11-13-16)20-18-9-5-8-17(14-6-3-2-4-7-14)19(18)23-22-24-25-26-27(20)22/h10-14,17,20H,2-9H2,1H3,(H,23,24,26)/t17-,20+/m1/s1. The highest BCUT2D eigenvalue weighted by Crippen LogP contribution is 2.47. The van der Waals surface area contributed by atoms with Gasteiger partial charge in [-0.05, 0) is 71.7 Å². The molecule has 1 aromatic carbocycles. The number of methoxy groups -OCH3 is 1. The van der Waals surface area contributed by atoms with Gasteiger partial charge in [0.2, 0.25) is 5.95 Å². The predicted octanol–water partition coefficient (Wildman–Crippen LogP) is 4.11. The van der Waals surface area contributed by atoms with Crippen molar-refractivity contribution in [2.75, 3.05) is 12.4 Å². The van der Waals surface area contributed by atoms with Gasteiger partial charge in [0.15, 0.2) is 0 Å². The number of anilines is 1. The molecule has 0 saturated heterocycles. The minimum Gasteiger partial charge on any atom is -0.465 e. The number of carbonyl (C=O) groups is 1. The molecule has 152 valence electrons. The topological polar surface area (TPSA) is 81.9 Å². The Morgan fingerprint density at radius 1 is 1.10 bits per heavy atom. The Labute approximate surface area is 170 Å². The van der Waals surface area contributed by atoms with Gasteiger partial charge in [-0.25, -0.2) is 4.79 Å². The zero-order valence-electron chi connectivity index (χ0n) is 16.8. The maximum absolute atomic E-state index is 11.8. The number of fused-ring (bicyclic) bond motifs is 1. The van der Waals surface area contributed by atoms with Gasteiger partial charge in [-0.1, -0.05) is 36.5 Å². The first kappa shape index (κ1) is 18.3. The number of ether oxygens (including phenoxy) is 1. The van der Waals surface area contributed by atoms with E-state index in [0.717, 1.165) is 17.9 Å². The van der Waals surface area contributed by atoms with Crippen molar-refractivity contribution in [2.24, 2.45) is 11.8 Å². The molecule has 7 heteroatoms. The van der Waals surface area contributed by atoms with Crippen LogP contribution in [0.15, 0.2) is 35.5 Å².